The predicted octanol–water partition coefficient (Wildman–Crippen LogP) is 3.71. The molecule has 0 heterocycles. The zero-order chi connectivity index (χ0) is 15.8. The Bertz CT molecular complexity index is 513. The van der Waals surface area contributed by atoms with E-state index in [0.29, 0.717) is 30.0 Å². The summed E-state index contributed by atoms with van der Waals surface area (Å²) >= 11 is 5.59. The Morgan fingerprint density at radius 3 is 2.59 bits per heavy atom. The Morgan fingerprint density at radius 2 is 1.86 bits per heavy atom. The van der Waals surface area contributed by atoms with Crippen LogP contribution in [-0.4, -0.2) is 23.7 Å². The van der Waals surface area contributed by atoms with E-state index in [2.05, 4.69) is 10.6 Å². The molecule has 0 unspecified atom stereocenters. The Hall–Kier alpha value is -1.55. The third kappa shape index (κ3) is 5.02. The van der Waals surface area contributed by atoms with E-state index in [0.717, 1.165) is 12.8 Å². The largest absolute Gasteiger partial charge is 0.349 e. The number of nitrogens with one attached hydrogen (secondary N) is 2. The van der Waals surface area contributed by atoms with Gasteiger partial charge in [-0.25, -0.2) is 0 Å². The maximum absolute atomic E-state index is 12.4. The number of amides is 2. The molecule has 0 aromatic heterocycles. The summed E-state index contributed by atoms with van der Waals surface area (Å²) in [4.78, 5) is 24.3. The maximum Gasteiger partial charge on any atom is 0.253 e. The van der Waals surface area contributed by atoms with Gasteiger partial charge in [0.05, 0.1) is 11.3 Å². The van der Waals surface area contributed by atoms with E-state index in [1.54, 1.807) is 12.1 Å². The molecule has 1 fully saturated rings. The van der Waals surface area contributed by atoms with Gasteiger partial charge in [-0.15, -0.1) is 11.6 Å². The molecule has 1 aliphatic carbocycles. The van der Waals surface area contributed by atoms with Gasteiger partial charge in [0.1, 0.15) is 0 Å². The lowest BCUT2D eigenvalue weighted by Crippen LogP contribution is -2.36. The first-order valence-electron chi connectivity index (χ1n) is 7.96. The molecule has 4 nitrogen and oxygen atoms in total. The summed E-state index contributed by atoms with van der Waals surface area (Å²) in [7, 11) is 0. The highest BCUT2D eigenvalue weighted by molar-refractivity contribution is 6.18. The van der Waals surface area contributed by atoms with Gasteiger partial charge in [-0.2, -0.15) is 0 Å². The van der Waals surface area contributed by atoms with E-state index in [1.165, 1.54) is 19.3 Å². The minimum Gasteiger partial charge on any atom is -0.349 e. The maximum atomic E-state index is 12.4. The van der Waals surface area contributed by atoms with E-state index in [9.17, 15) is 9.59 Å². The monoisotopic (exact) mass is 322 g/mol. The van der Waals surface area contributed by atoms with Gasteiger partial charge in [-0.05, 0) is 31.4 Å². The molecule has 2 rings (SSSR count). The molecule has 0 bridgehead atoms. The number of benzene rings is 1. The van der Waals surface area contributed by atoms with Crippen LogP contribution < -0.4 is 10.6 Å². The number of carbonyl (C=O) groups excluding carboxylic acids is 2. The molecule has 0 spiro atoms. The van der Waals surface area contributed by atoms with Gasteiger partial charge in [0, 0.05) is 18.3 Å². The van der Waals surface area contributed by atoms with Crippen molar-refractivity contribution in [2.45, 2.75) is 51.0 Å². The first-order chi connectivity index (χ1) is 10.7. The van der Waals surface area contributed by atoms with Crippen LogP contribution in [0.25, 0.3) is 0 Å². The molecule has 0 atom stereocenters. The van der Waals surface area contributed by atoms with Gasteiger partial charge in [0.15, 0.2) is 0 Å². The Kier molecular flexibility index (Phi) is 6.72. The van der Waals surface area contributed by atoms with Crippen molar-refractivity contribution in [1.82, 2.24) is 5.32 Å². The molecule has 120 valence electrons. The lowest BCUT2D eigenvalue weighted by Gasteiger charge is -2.23. The average molecular weight is 323 g/mol. The third-order valence-corrected chi connectivity index (χ3v) is 4.19. The number of rotatable bonds is 6. The highest BCUT2D eigenvalue weighted by Gasteiger charge is 2.18. The molecule has 2 N–H and O–H groups in total. The Balaban J connectivity index is 2.00. The standard InChI is InChI=1S/C17H23ClN2O2/c18-12-6-11-16(21)20-15-10-5-4-9-14(15)17(22)19-13-7-2-1-3-8-13/h4-5,9-10,13H,1-3,6-8,11-12H2,(H,19,22)(H,20,21). The number of hydrogen-bond donors (Lipinski definition) is 2. The fourth-order valence-electron chi connectivity index (χ4n) is 2.74. The van der Waals surface area contributed by atoms with Gasteiger partial charge in [-0.1, -0.05) is 31.4 Å². The van der Waals surface area contributed by atoms with E-state index in [1.807, 2.05) is 12.1 Å². The molecule has 22 heavy (non-hydrogen) atoms. The topological polar surface area (TPSA) is 58.2 Å². The van der Waals surface area contributed by atoms with Crippen LogP contribution >= 0.6 is 11.6 Å². The summed E-state index contributed by atoms with van der Waals surface area (Å²) in [6.07, 6.45) is 6.65. The minimum absolute atomic E-state index is 0.111. The summed E-state index contributed by atoms with van der Waals surface area (Å²) in [5, 5.41) is 5.89. The molecular weight excluding hydrogens is 300 g/mol. The molecule has 1 saturated carbocycles. The number of halogens is 1. The van der Waals surface area contributed by atoms with Crippen molar-refractivity contribution in [3.05, 3.63) is 29.8 Å². The first-order valence-corrected chi connectivity index (χ1v) is 8.50. The lowest BCUT2D eigenvalue weighted by atomic mass is 9.95. The van der Waals surface area contributed by atoms with Crippen LogP contribution in [0.1, 0.15) is 55.3 Å². The molecule has 0 saturated heterocycles. The summed E-state index contributed by atoms with van der Waals surface area (Å²) in [6, 6.07) is 7.38. The molecule has 1 aliphatic rings. The number of carbonyl (C=O) groups is 2. The van der Waals surface area contributed by atoms with Crippen molar-refractivity contribution in [2.75, 3.05) is 11.2 Å². The third-order valence-electron chi connectivity index (χ3n) is 3.92. The van der Waals surface area contributed by atoms with Crippen molar-refractivity contribution in [3.8, 4) is 0 Å². The Morgan fingerprint density at radius 1 is 1.14 bits per heavy atom. The molecular formula is C17H23ClN2O2. The second-order valence-electron chi connectivity index (χ2n) is 5.69. The van der Waals surface area contributed by atoms with Crippen LogP contribution in [0.3, 0.4) is 0 Å². The van der Waals surface area contributed by atoms with Crippen molar-refractivity contribution in [3.63, 3.8) is 0 Å². The zero-order valence-corrected chi connectivity index (χ0v) is 13.5. The van der Waals surface area contributed by atoms with Crippen molar-refractivity contribution in [2.24, 2.45) is 0 Å². The van der Waals surface area contributed by atoms with Crippen molar-refractivity contribution >= 4 is 29.1 Å². The van der Waals surface area contributed by atoms with Crippen LogP contribution in [0.5, 0.6) is 0 Å². The van der Waals surface area contributed by atoms with E-state index >= 15 is 0 Å². The number of hydrogen-bond acceptors (Lipinski definition) is 2. The van der Waals surface area contributed by atoms with Crippen LogP contribution in [-0.2, 0) is 4.79 Å². The van der Waals surface area contributed by atoms with Crippen molar-refractivity contribution in [1.29, 1.82) is 0 Å². The minimum atomic E-state index is -0.112. The normalized spacial score (nSPS) is 15.3. The number of alkyl halides is 1. The highest BCUT2D eigenvalue weighted by atomic mass is 35.5. The van der Waals surface area contributed by atoms with E-state index < -0.39 is 0 Å². The average Bonchev–Trinajstić information content (AvgIpc) is 2.54. The van der Waals surface area contributed by atoms with Crippen molar-refractivity contribution < 1.29 is 9.59 Å². The second-order valence-corrected chi connectivity index (χ2v) is 6.07. The number of anilines is 1. The molecule has 5 heteroatoms. The first kappa shape index (κ1) is 16.8. The molecule has 1 aromatic rings. The molecule has 0 aliphatic heterocycles. The van der Waals surface area contributed by atoms with Crippen LogP contribution in [0, 0.1) is 0 Å². The van der Waals surface area contributed by atoms with Gasteiger partial charge < -0.3 is 10.6 Å². The quantitative estimate of drug-likeness (QED) is 0.784. The molecule has 0 radical (unpaired) electrons. The fourth-order valence-corrected chi connectivity index (χ4v) is 2.87. The van der Waals surface area contributed by atoms with Crippen LogP contribution in [0.2, 0.25) is 0 Å². The van der Waals surface area contributed by atoms with E-state index in [-0.39, 0.29) is 17.9 Å². The summed E-state index contributed by atoms with van der Waals surface area (Å²) in [5.74, 6) is 0.232. The van der Waals surface area contributed by atoms with Crippen LogP contribution in [0.4, 0.5) is 5.69 Å². The smallest absolute Gasteiger partial charge is 0.253 e. The SMILES string of the molecule is O=C(CCCCl)Nc1ccccc1C(=O)NC1CCCCC1. The highest BCUT2D eigenvalue weighted by Crippen LogP contribution is 2.20. The van der Waals surface area contributed by atoms with Crippen LogP contribution in [0.15, 0.2) is 24.3 Å². The number of para-hydroxylation sites is 1. The van der Waals surface area contributed by atoms with Gasteiger partial charge >= 0.3 is 0 Å². The molecule has 2 amide bonds. The van der Waals surface area contributed by atoms with Gasteiger partial charge in [-0.3, -0.25) is 9.59 Å². The van der Waals surface area contributed by atoms with Gasteiger partial charge in [0.2, 0.25) is 5.91 Å². The second kappa shape index (κ2) is 8.79. The summed E-state index contributed by atoms with van der Waals surface area (Å²) in [6.45, 7) is 0. The lowest BCUT2D eigenvalue weighted by molar-refractivity contribution is -0.116. The molecule has 1 aromatic carbocycles. The zero-order valence-electron chi connectivity index (χ0n) is 12.7. The summed E-state index contributed by atoms with van der Waals surface area (Å²) in [5.41, 5.74) is 1.09. The predicted molar refractivity (Wildman–Crippen MR) is 89.4 cm³/mol. The Labute approximate surface area is 136 Å². The van der Waals surface area contributed by atoms with E-state index in [4.69, 9.17) is 11.6 Å². The fraction of sp³-hybridized carbons (Fsp3) is 0.529. The summed E-state index contributed by atoms with van der Waals surface area (Å²) < 4.78 is 0. The van der Waals surface area contributed by atoms with Gasteiger partial charge in [0.25, 0.3) is 5.91 Å².